The van der Waals surface area contributed by atoms with Gasteiger partial charge in [-0.25, -0.2) is 0 Å². The summed E-state index contributed by atoms with van der Waals surface area (Å²) in [5, 5.41) is 9.25. The number of piperidine rings is 1. The Morgan fingerprint density at radius 1 is 0.853 bits per heavy atom. The van der Waals surface area contributed by atoms with Gasteiger partial charge in [-0.15, -0.1) is 0 Å². The first kappa shape index (κ1) is 23.1. The number of aliphatic hydroxyl groups excluding tert-OH is 1. The summed E-state index contributed by atoms with van der Waals surface area (Å²) in [6.07, 6.45) is 2.50. The van der Waals surface area contributed by atoms with E-state index < -0.39 is 0 Å². The first-order chi connectivity index (χ1) is 16.7. The van der Waals surface area contributed by atoms with Crippen molar-refractivity contribution in [2.24, 2.45) is 0 Å². The summed E-state index contributed by atoms with van der Waals surface area (Å²) < 4.78 is 17.9. The fourth-order valence-corrected chi connectivity index (χ4v) is 4.83. The van der Waals surface area contributed by atoms with Gasteiger partial charge in [-0.3, -0.25) is 9.80 Å². The number of hydrogen-bond acceptors (Lipinski definition) is 6. The molecule has 6 heteroatoms. The third kappa shape index (κ3) is 6.07. The molecule has 0 unspecified atom stereocenters. The maximum absolute atomic E-state index is 9.25. The quantitative estimate of drug-likeness (QED) is 0.537. The molecule has 6 nitrogen and oxygen atoms in total. The molecule has 1 aromatic heterocycles. The van der Waals surface area contributed by atoms with E-state index >= 15 is 0 Å². The summed E-state index contributed by atoms with van der Waals surface area (Å²) in [4.78, 5) is 4.86. The smallest absolute Gasteiger partial charge is 0.129 e. The van der Waals surface area contributed by atoms with Crippen molar-refractivity contribution in [3.63, 3.8) is 0 Å². The van der Waals surface area contributed by atoms with E-state index in [9.17, 15) is 5.11 Å². The van der Waals surface area contributed by atoms with Crippen molar-refractivity contribution in [1.29, 1.82) is 0 Å². The highest BCUT2D eigenvalue weighted by atomic mass is 16.5. The summed E-state index contributed by atoms with van der Waals surface area (Å²) >= 11 is 0. The van der Waals surface area contributed by atoms with Gasteiger partial charge in [0.05, 0.1) is 19.3 Å². The first-order valence-electron chi connectivity index (χ1n) is 12.3. The molecular weight excluding hydrogens is 428 g/mol. The lowest BCUT2D eigenvalue weighted by Crippen LogP contribution is -2.36. The van der Waals surface area contributed by atoms with Crippen molar-refractivity contribution in [1.82, 2.24) is 9.80 Å². The maximum atomic E-state index is 9.25. The lowest BCUT2D eigenvalue weighted by atomic mass is 10.0. The predicted molar refractivity (Wildman–Crippen MR) is 130 cm³/mol. The van der Waals surface area contributed by atoms with E-state index in [1.807, 2.05) is 18.2 Å². The highest BCUT2D eigenvalue weighted by molar-refractivity contribution is 5.38. The summed E-state index contributed by atoms with van der Waals surface area (Å²) in [6, 6.07) is 20.8. The van der Waals surface area contributed by atoms with E-state index in [1.165, 1.54) is 16.7 Å². The molecule has 3 aromatic rings. The highest BCUT2D eigenvalue weighted by Crippen LogP contribution is 2.27. The molecule has 2 aromatic carbocycles. The normalized spacial score (nSPS) is 17.8. The monoisotopic (exact) mass is 462 g/mol. The Morgan fingerprint density at radius 3 is 2.47 bits per heavy atom. The lowest BCUT2D eigenvalue weighted by molar-refractivity contribution is -0.00394. The number of hydrogen-bond donors (Lipinski definition) is 1. The van der Waals surface area contributed by atoms with Crippen LogP contribution in [0.3, 0.4) is 0 Å². The Balaban J connectivity index is 1.13. The molecular formula is C28H34N2O4. The molecule has 1 N–H and O–H groups in total. The molecule has 0 spiro atoms. The fraction of sp³-hybridized carbons (Fsp3) is 0.429. The number of aliphatic hydroxyl groups is 1. The van der Waals surface area contributed by atoms with Crippen LogP contribution in [0.15, 0.2) is 65.1 Å². The SMILES string of the molecule is OCc1ccc(CN2CCOc3ccc(CN4CCC(OCc5ccccc5)CC4)cc3C2)o1. The molecule has 0 saturated carbocycles. The number of ether oxygens (including phenoxy) is 2. The zero-order valence-corrected chi connectivity index (χ0v) is 19.7. The van der Waals surface area contributed by atoms with E-state index in [2.05, 4.69) is 52.3 Å². The van der Waals surface area contributed by atoms with Crippen molar-refractivity contribution in [2.45, 2.75) is 51.8 Å². The van der Waals surface area contributed by atoms with Crippen molar-refractivity contribution < 1.29 is 19.0 Å². The minimum absolute atomic E-state index is 0.0638. The van der Waals surface area contributed by atoms with Crippen molar-refractivity contribution in [3.8, 4) is 5.75 Å². The van der Waals surface area contributed by atoms with Crippen molar-refractivity contribution >= 4 is 0 Å². The van der Waals surface area contributed by atoms with Crippen LogP contribution in [0.25, 0.3) is 0 Å². The van der Waals surface area contributed by atoms with Crippen LogP contribution in [0.4, 0.5) is 0 Å². The lowest BCUT2D eigenvalue weighted by Gasteiger charge is -2.32. The van der Waals surface area contributed by atoms with Gasteiger partial charge < -0.3 is 19.0 Å². The van der Waals surface area contributed by atoms with Gasteiger partial charge in [-0.05, 0) is 48.2 Å². The number of nitrogens with zero attached hydrogens (tertiary/aromatic N) is 2. The van der Waals surface area contributed by atoms with E-state index in [4.69, 9.17) is 13.9 Å². The summed E-state index contributed by atoms with van der Waals surface area (Å²) in [7, 11) is 0. The standard InChI is InChI=1S/C28H34N2O4/c31-20-27-8-7-26(34-27)19-30-14-15-32-28-9-6-23(16-24(28)18-30)17-29-12-10-25(11-13-29)33-21-22-4-2-1-3-5-22/h1-9,16,25,31H,10-15,17-21H2. The molecule has 3 heterocycles. The number of furan rings is 1. The van der Waals surface area contributed by atoms with Crippen molar-refractivity contribution in [2.75, 3.05) is 26.2 Å². The number of fused-ring (bicyclic) bond motifs is 1. The maximum Gasteiger partial charge on any atom is 0.129 e. The molecule has 0 aliphatic carbocycles. The van der Waals surface area contributed by atoms with Crippen LogP contribution >= 0.6 is 0 Å². The van der Waals surface area contributed by atoms with Crippen LogP contribution in [-0.4, -0.2) is 47.3 Å². The third-order valence-corrected chi connectivity index (χ3v) is 6.71. The molecule has 0 atom stereocenters. The molecule has 1 fully saturated rings. The van der Waals surface area contributed by atoms with Crippen LogP contribution < -0.4 is 4.74 Å². The predicted octanol–water partition coefficient (Wildman–Crippen LogP) is 4.35. The zero-order valence-electron chi connectivity index (χ0n) is 19.7. The molecule has 34 heavy (non-hydrogen) atoms. The summed E-state index contributed by atoms with van der Waals surface area (Å²) in [5.74, 6) is 2.47. The molecule has 0 amide bonds. The minimum Gasteiger partial charge on any atom is -0.492 e. The van der Waals surface area contributed by atoms with E-state index in [0.29, 0.717) is 31.6 Å². The third-order valence-electron chi connectivity index (χ3n) is 6.71. The fourth-order valence-electron chi connectivity index (χ4n) is 4.83. The summed E-state index contributed by atoms with van der Waals surface area (Å²) in [6.45, 7) is 6.76. The molecule has 5 rings (SSSR count). The molecule has 0 bridgehead atoms. The van der Waals surface area contributed by atoms with Gasteiger partial charge in [0.15, 0.2) is 0 Å². The van der Waals surface area contributed by atoms with Crippen LogP contribution in [0.1, 0.15) is 41.1 Å². The van der Waals surface area contributed by atoms with Gasteiger partial charge in [-0.1, -0.05) is 36.4 Å². The zero-order chi connectivity index (χ0) is 23.2. The number of rotatable bonds is 8. The van der Waals surface area contributed by atoms with Gasteiger partial charge in [0.1, 0.15) is 30.5 Å². The number of benzene rings is 2. The molecule has 180 valence electrons. The molecule has 1 saturated heterocycles. The minimum atomic E-state index is -0.0638. The van der Waals surface area contributed by atoms with Gasteiger partial charge in [0, 0.05) is 38.3 Å². The second-order valence-electron chi connectivity index (χ2n) is 9.30. The van der Waals surface area contributed by atoms with E-state index in [-0.39, 0.29) is 6.61 Å². The van der Waals surface area contributed by atoms with Crippen LogP contribution in [0.2, 0.25) is 0 Å². The second-order valence-corrected chi connectivity index (χ2v) is 9.30. The highest BCUT2D eigenvalue weighted by Gasteiger charge is 2.21. The van der Waals surface area contributed by atoms with Gasteiger partial charge in [0.25, 0.3) is 0 Å². The van der Waals surface area contributed by atoms with Crippen molar-refractivity contribution in [3.05, 3.63) is 88.9 Å². The van der Waals surface area contributed by atoms with Gasteiger partial charge in [-0.2, -0.15) is 0 Å². The van der Waals surface area contributed by atoms with Crippen LogP contribution in [-0.2, 0) is 37.6 Å². The molecule has 0 radical (unpaired) electrons. The Morgan fingerprint density at radius 2 is 1.68 bits per heavy atom. The Bertz CT molecular complexity index is 1040. The van der Waals surface area contributed by atoms with Crippen LogP contribution in [0.5, 0.6) is 5.75 Å². The average molecular weight is 463 g/mol. The Kier molecular flexibility index (Phi) is 7.61. The topological polar surface area (TPSA) is 58.3 Å². The van der Waals surface area contributed by atoms with E-state index in [1.54, 1.807) is 0 Å². The van der Waals surface area contributed by atoms with Crippen LogP contribution in [0, 0.1) is 0 Å². The van der Waals surface area contributed by atoms with E-state index in [0.717, 1.165) is 57.1 Å². The average Bonchev–Trinajstić information content (AvgIpc) is 3.23. The number of likely N-dealkylation sites (tertiary alicyclic amines) is 1. The first-order valence-corrected chi connectivity index (χ1v) is 12.3. The Labute approximate surface area is 201 Å². The molecule has 2 aliphatic rings. The van der Waals surface area contributed by atoms with Gasteiger partial charge in [0.2, 0.25) is 0 Å². The largest absolute Gasteiger partial charge is 0.492 e. The molecule has 2 aliphatic heterocycles. The summed E-state index contributed by atoms with van der Waals surface area (Å²) in [5.41, 5.74) is 3.80. The van der Waals surface area contributed by atoms with Gasteiger partial charge >= 0.3 is 0 Å². The second kappa shape index (κ2) is 11.2. The Hall–Kier alpha value is -2.64.